The molecule has 0 aliphatic carbocycles. The summed E-state index contributed by atoms with van der Waals surface area (Å²) in [5, 5.41) is 7.05. The number of benzene rings is 1. The molecule has 2 aromatic rings. The lowest BCUT2D eigenvalue weighted by molar-refractivity contribution is -0.137. The average molecular weight is 420 g/mol. The Bertz CT molecular complexity index is 956. The molecule has 1 N–H and O–H groups in total. The van der Waals surface area contributed by atoms with Crippen LogP contribution in [0.5, 0.6) is 0 Å². The summed E-state index contributed by atoms with van der Waals surface area (Å²) in [5.74, 6) is -0.373. The summed E-state index contributed by atoms with van der Waals surface area (Å²) in [6.45, 7) is 0. The topological polar surface area (TPSA) is 67.2 Å². The number of halogens is 3. The fraction of sp³-hybridized carbons (Fsp3) is 0.476. The van der Waals surface area contributed by atoms with Crippen LogP contribution in [0.2, 0.25) is 0 Å². The first-order valence-corrected chi connectivity index (χ1v) is 10.0. The number of carbonyl (C=O) groups excluding carboxylic acids is 2. The van der Waals surface area contributed by atoms with Gasteiger partial charge in [0.25, 0.3) is 5.91 Å². The van der Waals surface area contributed by atoms with E-state index < -0.39 is 17.8 Å². The van der Waals surface area contributed by atoms with Crippen molar-refractivity contribution in [1.82, 2.24) is 20.0 Å². The Hall–Kier alpha value is -2.84. The molecule has 6 nitrogen and oxygen atoms in total. The van der Waals surface area contributed by atoms with Crippen LogP contribution in [-0.2, 0) is 18.0 Å². The second kappa shape index (κ2) is 7.77. The van der Waals surface area contributed by atoms with Crippen molar-refractivity contribution < 1.29 is 22.8 Å². The molecular formula is C21H23F3N4O2. The van der Waals surface area contributed by atoms with E-state index in [0.717, 1.165) is 25.0 Å². The monoisotopic (exact) mass is 420 g/mol. The Morgan fingerprint density at radius 3 is 2.73 bits per heavy atom. The van der Waals surface area contributed by atoms with Crippen molar-refractivity contribution in [2.75, 3.05) is 0 Å². The van der Waals surface area contributed by atoms with E-state index in [1.807, 2.05) is 0 Å². The van der Waals surface area contributed by atoms with Gasteiger partial charge in [-0.1, -0.05) is 18.6 Å². The van der Waals surface area contributed by atoms with Gasteiger partial charge in [-0.3, -0.25) is 14.3 Å². The van der Waals surface area contributed by atoms with Gasteiger partial charge in [-0.15, -0.1) is 0 Å². The fourth-order valence-corrected chi connectivity index (χ4v) is 4.58. The zero-order valence-electron chi connectivity index (χ0n) is 16.5. The van der Waals surface area contributed by atoms with Crippen LogP contribution in [-0.4, -0.2) is 38.6 Å². The normalized spacial score (nSPS) is 24.7. The summed E-state index contributed by atoms with van der Waals surface area (Å²) in [5.41, 5.74) is 0.0311. The molecule has 2 amide bonds. The molecule has 9 heteroatoms. The van der Waals surface area contributed by atoms with Crippen LogP contribution >= 0.6 is 0 Å². The van der Waals surface area contributed by atoms with Crippen molar-refractivity contribution in [2.24, 2.45) is 7.05 Å². The lowest BCUT2D eigenvalue weighted by atomic mass is 9.97. The predicted octanol–water partition coefficient (Wildman–Crippen LogP) is 3.45. The molecule has 0 radical (unpaired) electrons. The van der Waals surface area contributed by atoms with Crippen molar-refractivity contribution >= 4 is 11.8 Å². The van der Waals surface area contributed by atoms with E-state index in [2.05, 4.69) is 10.4 Å². The maximum atomic E-state index is 13.5. The van der Waals surface area contributed by atoms with E-state index in [-0.39, 0.29) is 23.9 Å². The van der Waals surface area contributed by atoms with E-state index in [9.17, 15) is 22.8 Å². The molecule has 2 fully saturated rings. The molecule has 160 valence electrons. The maximum absolute atomic E-state index is 13.5. The number of aryl methyl sites for hydroxylation is 1. The lowest BCUT2D eigenvalue weighted by Gasteiger charge is -2.33. The molecule has 3 atom stereocenters. The summed E-state index contributed by atoms with van der Waals surface area (Å²) in [6, 6.07) is 5.56. The van der Waals surface area contributed by atoms with E-state index in [1.165, 1.54) is 16.9 Å². The summed E-state index contributed by atoms with van der Waals surface area (Å²) < 4.78 is 41.3. The van der Waals surface area contributed by atoms with Crippen molar-refractivity contribution in [3.8, 4) is 0 Å². The molecule has 3 heterocycles. The van der Waals surface area contributed by atoms with E-state index in [4.69, 9.17) is 0 Å². The number of rotatable bonds is 2. The molecule has 0 saturated carbocycles. The number of likely N-dealkylation sites (tertiary alicyclic amines) is 1. The van der Waals surface area contributed by atoms with Crippen molar-refractivity contribution in [3.63, 3.8) is 0 Å². The number of aromatic nitrogens is 2. The van der Waals surface area contributed by atoms with Crippen molar-refractivity contribution in [2.45, 2.75) is 56.4 Å². The van der Waals surface area contributed by atoms with Gasteiger partial charge < -0.3 is 10.2 Å². The highest BCUT2D eigenvalue weighted by molar-refractivity contribution is 5.93. The summed E-state index contributed by atoms with van der Waals surface area (Å²) in [4.78, 5) is 27.3. The van der Waals surface area contributed by atoms with Gasteiger partial charge in [0, 0.05) is 19.7 Å². The molecule has 1 aromatic heterocycles. The first-order valence-electron chi connectivity index (χ1n) is 10.0. The van der Waals surface area contributed by atoms with E-state index >= 15 is 0 Å². The number of carbonyl (C=O) groups is 2. The maximum Gasteiger partial charge on any atom is 0.416 e. The molecule has 2 aliphatic rings. The van der Waals surface area contributed by atoms with Crippen LogP contribution < -0.4 is 5.32 Å². The third-order valence-corrected chi connectivity index (χ3v) is 6.01. The molecule has 0 bridgehead atoms. The van der Waals surface area contributed by atoms with Gasteiger partial charge >= 0.3 is 6.18 Å². The molecule has 0 spiro atoms. The first kappa shape index (κ1) is 20.4. The number of nitrogens with one attached hydrogen (secondary N) is 1. The molecule has 2 saturated heterocycles. The van der Waals surface area contributed by atoms with E-state index in [0.29, 0.717) is 30.5 Å². The molecular weight excluding hydrogens is 397 g/mol. The molecule has 4 rings (SSSR count). The fourth-order valence-electron chi connectivity index (χ4n) is 4.58. The van der Waals surface area contributed by atoms with Gasteiger partial charge in [0.1, 0.15) is 5.69 Å². The minimum Gasteiger partial charge on any atom is -0.351 e. The highest BCUT2D eigenvalue weighted by Gasteiger charge is 2.46. The van der Waals surface area contributed by atoms with Gasteiger partial charge in [0.05, 0.1) is 23.7 Å². The highest BCUT2D eigenvalue weighted by atomic mass is 19.4. The van der Waals surface area contributed by atoms with Crippen LogP contribution in [0.4, 0.5) is 13.2 Å². The van der Waals surface area contributed by atoms with Crippen LogP contribution in [0.1, 0.15) is 59.8 Å². The van der Waals surface area contributed by atoms with Crippen LogP contribution in [0.15, 0.2) is 36.5 Å². The number of hydrogen-bond acceptors (Lipinski definition) is 3. The zero-order chi connectivity index (χ0) is 21.5. The number of fused-ring (bicyclic) bond motifs is 1. The summed E-state index contributed by atoms with van der Waals surface area (Å²) >= 11 is 0. The standard InChI is InChI=1S/C21H23F3N4O2/c1-27-17(9-10-25-27)20(30)28-16-7-2-3-8-19(29)26-15(16)12-18(28)13-5-4-6-14(11-13)21(22,23)24/h4-6,9-11,15-16,18H,2-3,7-8,12H2,1H3,(H,26,29)/t15-,16+,18+/m1/s1. The Morgan fingerprint density at radius 2 is 2.03 bits per heavy atom. The van der Waals surface area contributed by atoms with Gasteiger partial charge in [-0.25, -0.2) is 0 Å². The summed E-state index contributed by atoms with van der Waals surface area (Å²) in [6.07, 6.45) is 0.0237. The third-order valence-electron chi connectivity index (χ3n) is 6.01. The minimum absolute atomic E-state index is 0.0812. The predicted molar refractivity (Wildman–Crippen MR) is 102 cm³/mol. The zero-order valence-corrected chi connectivity index (χ0v) is 16.5. The average Bonchev–Trinajstić information content (AvgIpc) is 3.26. The third kappa shape index (κ3) is 3.80. The van der Waals surface area contributed by atoms with Crippen molar-refractivity contribution in [1.29, 1.82) is 0 Å². The van der Waals surface area contributed by atoms with Crippen LogP contribution in [0, 0.1) is 0 Å². The second-order valence-corrected chi connectivity index (χ2v) is 7.91. The number of hydrogen-bond donors (Lipinski definition) is 1. The highest BCUT2D eigenvalue weighted by Crippen LogP contribution is 2.41. The summed E-state index contributed by atoms with van der Waals surface area (Å²) in [7, 11) is 1.65. The van der Waals surface area contributed by atoms with Crippen LogP contribution in [0.3, 0.4) is 0 Å². The minimum atomic E-state index is -4.47. The largest absolute Gasteiger partial charge is 0.416 e. The molecule has 1 aromatic carbocycles. The molecule has 2 aliphatic heterocycles. The SMILES string of the molecule is Cn1nccc1C(=O)N1[C@H](c2cccc(C(F)(F)F)c2)C[C@H]2NC(=O)CCCC[C@@H]21. The number of nitrogens with zero attached hydrogens (tertiary/aromatic N) is 3. The van der Waals surface area contributed by atoms with Crippen LogP contribution in [0.25, 0.3) is 0 Å². The van der Waals surface area contributed by atoms with Gasteiger partial charge in [-0.2, -0.15) is 18.3 Å². The first-order chi connectivity index (χ1) is 14.3. The molecule has 30 heavy (non-hydrogen) atoms. The Balaban J connectivity index is 1.76. The lowest BCUT2D eigenvalue weighted by Crippen LogP contribution is -2.48. The Labute approximate surface area is 172 Å². The quantitative estimate of drug-likeness (QED) is 0.809. The van der Waals surface area contributed by atoms with Crippen molar-refractivity contribution in [3.05, 3.63) is 53.3 Å². The van der Waals surface area contributed by atoms with Gasteiger partial charge in [0.2, 0.25) is 5.91 Å². The number of alkyl halides is 3. The van der Waals surface area contributed by atoms with Gasteiger partial charge in [0.15, 0.2) is 0 Å². The molecule has 0 unspecified atom stereocenters. The van der Waals surface area contributed by atoms with E-state index in [1.54, 1.807) is 24.1 Å². The Morgan fingerprint density at radius 1 is 1.23 bits per heavy atom. The second-order valence-electron chi connectivity index (χ2n) is 7.91. The number of amides is 2. The van der Waals surface area contributed by atoms with Gasteiger partial charge in [-0.05, 0) is 43.0 Å². The Kier molecular flexibility index (Phi) is 5.29. The smallest absolute Gasteiger partial charge is 0.351 e.